The Morgan fingerprint density at radius 1 is 1.04 bits per heavy atom. The maximum Gasteiger partial charge on any atom is 0.268 e. The predicted molar refractivity (Wildman–Crippen MR) is 106 cm³/mol. The number of nitrogens with zero attached hydrogens (tertiary/aromatic N) is 3. The number of hydrogen-bond donors (Lipinski definition) is 1. The van der Waals surface area contributed by atoms with Crippen LogP contribution in [0.2, 0.25) is 0 Å². The van der Waals surface area contributed by atoms with Crippen LogP contribution in [0, 0.1) is 0 Å². The fourth-order valence-electron chi connectivity index (χ4n) is 3.57. The van der Waals surface area contributed by atoms with E-state index in [1.807, 2.05) is 30.3 Å². The van der Waals surface area contributed by atoms with Gasteiger partial charge in [-0.15, -0.1) is 0 Å². The fraction of sp³-hybridized carbons (Fsp3) is 0.273. The molecule has 1 atom stereocenters. The summed E-state index contributed by atoms with van der Waals surface area (Å²) in [5.41, 5.74) is 4.26. The standard InChI is InChI=1S/C22H23N3O2/c26-21(18-7-2-1-3-8-18)11-13-25-22(27)14-20(15-23-25)24-12-10-17-6-4-5-9-19(17)16-24/h1-9,14-15,21,26H,10-13,16H2/t21-/m1/s1. The van der Waals surface area contributed by atoms with E-state index in [9.17, 15) is 9.90 Å². The molecule has 0 spiro atoms. The van der Waals surface area contributed by atoms with E-state index in [0.29, 0.717) is 13.0 Å². The molecule has 0 radical (unpaired) electrons. The second kappa shape index (κ2) is 7.76. The number of aliphatic hydroxyl groups is 1. The van der Waals surface area contributed by atoms with Crippen molar-refractivity contribution in [2.24, 2.45) is 0 Å². The molecule has 138 valence electrons. The fourth-order valence-corrected chi connectivity index (χ4v) is 3.57. The molecule has 1 aliphatic heterocycles. The summed E-state index contributed by atoms with van der Waals surface area (Å²) >= 11 is 0. The summed E-state index contributed by atoms with van der Waals surface area (Å²) in [4.78, 5) is 14.7. The minimum atomic E-state index is -0.599. The Labute approximate surface area is 158 Å². The molecule has 0 amide bonds. The van der Waals surface area contributed by atoms with Crippen LogP contribution in [0.25, 0.3) is 0 Å². The van der Waals surface area contributed by atoms with Crippen LogP contribution < -0.4 is 10.5 Å². The van der Waals surface area contributed by atoms with Gasteiger partial charge in [-0.3, -0.25) is 4.79 Å². The first kappa shape index (κ1) is 17.5. The topological polar surface area (TPSA) is 58.4 Å². The van der Waals surface area contributed by atoms with E-state index in [2.05, 4.69) is 34.3 Å². The minimum absolute atomic E-state index is 0.133. The SMILES string of the molecule is O=c1cc(N2CCc3ccccc3C2)cnn1CC[C@@H](O)c1ccccc1. The normalized spacial score (nSPS) is 14.6. The molecule has 0 saturated heterocycles. The molecule has 0 aliphatic carbocycles. The van der Waals surface area contributed by atoms with E-state index in [-0.39, 0.29) is 5.56 Å². The molecule has 5 heteroatoms. The van der Waals surface area contributed by atoms with Crippen molar-refractivity contribution in [3.63, 3.8) is 0 Å². The first-order valence-electron chi connectivity index (χ1n) is 9.32. The molecular formula is C22H23N3O2. The first-order chi connectivity index (χ1) is 13.2. The van der Waals surface area contributed by atoms with Crippen molar-refractivity contribution in [3.8, 4) is 0 Å². The van der Waals surface area contributed by atoms with Crippen LogP contribution >= 0.6 is 0 Å². The molecule has 3 aromatic rings. The molecule has 1 N–H and O–H groups in total. The molecule has 0 unspecified atom stereocenters. The second-order valence-corrected chi connectivity index (χ2v) is 6.93. The molecule has 2 aromatic carbocycles. The van der Waals surface area contributed by atoms with Gasteiger partial charge in [-0.05, 0) is 29.5 Å². The molecule has 0 fully saturated rings. The molecule has 0 bridgehead atoms. The monoisotopic (exact) mass is 361 g/mol. The highest BCUT2D eigenvalue weighted by Gasteiger charge is 2.17. The number of aryl methyl sites for hydroxylation is 1. The van der Waals surface area contributed by atoms with Gasteiger partial charge in [-0.2, -0.15) is 5.10 Å². The Morgan fingerprint density at radius 2 is 1.78 bits per heavy atom. The van der Waals surface area contributed by atoms with Crippen LogP contribution in [0.5, 0.6) is 0 Å². The van der Waals surface area contributed by atoms with Gasteiger partial charge in [0.05, 0.1) is 18.0 Å². The minimum Gasteiger partial charge on any atom is -0.388 e. The number of aromatic nitrogens is 2. The lowest BCUT2D eigenvalue weighted by Crippen LogP contribution is -2.32. The smallest absolute Gasteiger partial charge is 0.268 e. The summed E-state index contributed by atoms with van der Waals surface area (Å²) in [7, 11) is 0. The highest BCUT2D eigenvalue weighted by atomic mass is 16.3. The number of anilines is 1. The van der Waals surface area contributed by atoms with Crippen LogP contribution in [-0.2, 0) is 19.5 Å². The molecule has 2 heterocycles. The maximum atomic E-state index is 12.5. The van der Waals surface area contributed by atoms with Gasteiger partial charge in [0.2, 0.25) is 0 Å². The van der Waals surface area contributed by atoms with Gasteiger partial charge < -0.3 is 10.0 Å². The van der Waals surface area contributed by atoms with E-state index >= 15 is 0 Å². The largest absolute Gasteiger partial charge is 0.388 e. The van der Waals surface area contributed by atoms with E-state index in [4.69, 9.17) is 0 Å². The van der Waals surface area contributed by atoms with E-state index in [1.54, 1.807) is 12.3 Å². The zero-order valence-electron chi connectivity index (χ0n) is 15.2. The van der Waals surface area contributed by atoms with Crippen molar-refractivity contribution in [2.45, 2.75) is 32.0 Å². The Morgan fingerprint density at radius 3 is 2.56 bits per heavy atom. The summed E-state index contributed by atoms with van der Waals surface area (Å²) in [6.07, 6.45) is 2.58. The summed E-state index contributed by atoms with van der Waals surface area (Å²) in [5.74, 6) is 0. The number of benzene rings is 2. The molecular weight excluding hydrogens is 338 g/mol. The van der Waals surface area contributed by atoms with Crippen LogP contribution in [0.1, 0.15) is 29.2 Å². The molecule has 0 saturated carbocycles. The lowest BCUT2D eigenvalue weighted by Gasteiger charge is -2.30. The Bertz CT molecular complexity index is 969. The highest BCUT2D eigenvalue weighted by molar-refractivity contribution is 5.47. The van der Waals surface area contributed by atoms with Crippen molar-refractivity contribution in [3.05, 3.63) is 93.9 Å². The van der Waals surface area contributed by atoms with Crippen molar-refractivity contribution in [1.82, 2.24) is 9.78 Å². The summed E-state index contributed by atoms with van der Waals surface area (Å²) < 4.78 is 1.42. The van der Waals surface area contributed by atoms with E-state index in [1.165, 1.54) is 15.8 Å². The van der Waals surface area contributed by atoms with Crippen LogP contribution in [0.15, 0.2) is 71.7 Å². The average molecular weight is 361 g/mol. The Balaban J connectivity index is 1.43. The van der Waals surface area contributed by atoms with Crippen molar-refractivity contribution < 1.29 is 5.11 Å². The molecule has 1 aromatic heterocycles. The molecule has 4 rings (SSSR count). The second-order valence-electron chi connectivity index (χ2n) is 6.93. The molecule has 27 heavy (non-hydrogen) atoms. The summed E-state index contributed by atoms with van der Waals surface area (Å²) in [6, 6.07) is 19.6. The Hall–Kier alpha value is -2.92. The highest BCUT2D eigenvalue weighted by Crippen LogP contribution is 2.23. The molecule has 5 nitrogen and oxygen atoms in total. The summed E-state index contributed by atoms with van der Waals surface area (Å²) in [5, 5.41) is 14.6. The quantitative estimate of drug-likeness (QED) is 0.759. The average Bonchev–Trinajstić information content (AvgIpc) is 2.73. The van der Waals surface area contributed by atoms with Gasteiger partial charge >= 0.3 is 0 Å². The van der Waals surface area contributed by atoms with Crippen molar-refractivity contribution in [1.29, 1.82) is 0 Å². The van der Waals surface area contributed by atoms with Gasteiger partial charge in [0.15, 0.2) is 0 Å². The number of aliphatic hydroxyl groups excluding tert-OH is 1. The predicted octanol–water partition coefficient (Wildman–Crippen LogP) is 2.93. The lowest BCUT2D eigenvalue weighted by molar-refractivity contribution is 0.158. The third-order valence-electron chi connectivity index (χ3n) is 5.15. The maximum absolute atomic E-state index is 12.5. The zero-order valence-corrected chi connectivity index (χ0v) is 15.2. The van der Waals surface area contributed by atoms with E-state index < -0.39 is 6.10 Å². The number of hydrogen-bond acceptors (Lipinski definition) is 4. The lowest BCUT2D eigenvalue weighted by atomic mass is 10.00. The van der Waals surface area contributed by atoms with E-state index in [0.717, 1.165) is 30.8 Å². The number of fused-ring (bicyclic) bond motifs is 1. The van der Waals surface area contributed by atoms with Crippen LogP contribution in [0.4, 0.5) is 5.69 Å². The Kier molecular flexibility index (Phi) is 5.03. The van der Waals surface area contributed by atoms with Gasteiger partial charge in [0, 0.05) is 25.7 Å². The van der Waals surface area contributed by atoms with Crippen LogP contribution in [-0.4, -0.2) is 21.4 Å². The van der Waals surface area contributed by atoms with Crippen molar-refractivity contribution >= 4 is 5.69 Å². The third-order valence-corrected chi connectivity index (χ3v) is 5.15. The van der Waals surface area contributed by atoms with Crippen LogP contribution in [0.3, 0.4) is 0 Å². The molecule has 1 aliphatic rings. The zero-order chi connectivity index (χ0) is 18.6. The van der Waals surface area contributed by atoms with Gasteiger partial charge in [-0.1, -0.05) is 54.6 Å². The first-order valence-corrected chi connectivity index (χ1v) is 9.32. The van der Waals surface area contributed by atoms with Crippen molar-refractivity contribution in [2.75, 3.05) is 11.4 Å². The third kappa shape index (κ3) is 3.93. The summed E-state index contributed by atoms with van der Waals surface area (Å²) in [6.45, 7) is 2.07. The van der Waals surface area contributed by atoms with Gasteiger partial charge in [0.25, 0.3) is 5.56 Å². The van der Waals surface area contributed by atoms with Gasteiger partial charge in [0.1, 0.15) is 0 Å². The van der Waals surface area contributed by atoms with Gasteiger partial charge in [-0.25, -0.2) is 4.68 Å². The number of rotatable bonds is 5.